The first-order valence-electron chi connectivity index (χ1n) is 24.9. The molecule has 422 valence electrons. The van der Waals surface area contributed by atoms with Gasteiger partial charge in [-0.3, -0.25) is 19.2 Å². The van der Waals surface area contributed by atoms with Crippen molar-refractivity contribution in [1.29, 1.82) is 0 Å². The van der Waals surface area contributed by atoms with Gasteiger partial charge >= 0.3 is 7.12 Å². The number of nitrogens with zero attached hydrogens (tertiary/aromatic N) is 6. The molecule has 0 atom stereocenters. The maximum Gasteiger partial charge on any atom is 0.496 e. The molecule has 0 radical (unpaired) electrons. The maximum absolute atomic E-state index is 13.5. The van der Waals surface area contributed by atoms with Crippen LogP contribution < -0.4 is 48.2 Å². The summed E-state index contributed by atoms with van der Waals surface area (Å²) in [7, 11) is 6.06. The molecule has 18 nitrogen and oxygen atoms in total. The molecule has 6 N–H and O–H groups in total. The molecule has 0 saturated carbocycles. The lowest BCUT2D eigenvalue weighted by Gasteiger charge is -2.32. The lowest BCUT2D eigenvalue weighted by Crippen LogP contribution is -2.41. The molecule has 4 aromatic carbocycles. The summed E-state index contributed by atoms with van der Waals surface area (Å²) in [6, 6.07) is 29.4. The highest BCUT2D eigenvalue weighted by atomic mass is 35.5. The number of nitrogens with one attached hydrogen (secondary N) is 2. The Morgan fingerprint density at radius 2 is 1.02 bits per heavy atom. The van der Waals surface area contributed by atoms with Crippen LogP contribution in [0.4, 0.5) is 20.4 Å². The highest BCUT2D eigenvalue weighted by Crippen LogP contribution is 2.37. The van der Waals surface area contributed by atoms with Crippen molar-refractivity contribution in [3.63, 3.8) is 0 Å². The second-order valence-electron chi connectivity index (χ2n) is 19.5. The molecule has 9 rings (SSSR count). The Morgan fingerprint density at radius 3 is 1.48 bits per heavy atom. The summed E-state index contributed by atoms with van der Waals surface area (Å²) >= 11 is 6.16. The van der Waals surface area contributed by atoms with Crippen molar-refractivity contribution in [3.05, 3.63) is 193 Å². The van der Waals surface area contributed by atoms with Gasteiger partial charge in [-0.05, 0) is 114 Å². The Bertz CT molecular complexity index is 3640. The number of benzene rings is 4. The molecule has 22 heteroatoms. The van der Waals surface area contributed by atoms with E-state index in [4.69, 9.17) is 41.9 Å². The van der Waals surface area contributed by atoms with Gasteiger partial charge in [-0.15, -0.1) is 0 Å². The lowest BCUT2D eigenvalue weighted by molar-refractivity contribution is 0.00578. The molecule has 5 heterocycles. The van der Waals surface area contributed by atoms with Crippen LogP contribution in [-0.4, -0.2) is 73.4 Å². The fraction of sp³-hybridized carbons (Fsp3) is 0.254. The number of amides is 2. The van der Waals surface area contributed by atoms with E-state index in [-0.39, 0.29) is 82.5 Å². The highest BCUT2D eigenvalue weighted by molar-refractivity contribution is 6.62. The van der Waals surface area contributed by atoms with Crippen molar-refractivity contribution in [2.75, 3.05) is 25.7 Å². The molecular weight excluding hydrogens is 1060 g/mol. The molecule has 0 bridgehead atoms. The van der Waals surface area contributed by atoms with Crippen LogP contribution in [0.2, 0.25) is 5.15 Å². The average molecular weight is 1130 g/mol. The molecule has 0 spiro atoms. The number of pyridine rings is 2. The minimum absolute atomic E-state index is 0. The van der Waals surface area contributed by atoms with Crippen LogP contribution in [0.1, 0.15) is 78.4 Å². The van der Waals surface area contributed by atoms with E-state index in [0.29, 0.717) is 50.7 Å². The molecule has 1 fully saturated rings. The van der Waals surface area contributed by atoms with Crippen molar-refractivity contribution in [2.24, 2.45) is 14.1 Å². The van der Waals surface area contributed by atoms with Crippen LogP contribution in [0.3, 0.4) is 0 Å². The quantitative estimate of drug-likeness (QED) is 0.0838. The van der Waals surface area contributed by atoms with Gasteiger partial charge in [0, 0.05) is 78.5 Å². The van der Waals surface area contributed by atoms with Crippen LogP contribution in [-0.2, 0) is 36.5 Å². The van der Waals surface area contributed by atoms with E-state index >= 15 is 0 Å². The normalized spacial score (nSPS) is 12.9. The number of hydrogen-bond donors (Lipinski definition) is 4. The molecule has 4 aromatic heterocycles. The van der Waals surface area contributed by atoms with Gasteiger partial charge in [0.05, 0.1) is 36.8 Å². The zero-order valence-corrected chi connectivity index (χ0v) is 46.5. The molecule has 8 aromatic rings. The first-order valence-corrected chi connectivity index (χ1v) is 25.3. The van der Waals surface area contributed by atoms with Gasteiger partial charge in [0.2, 0.25) is 0 Å². The van der Waals surface area contributed by atoms with Crippen molar-refractivity contribution in [2.45, 2.75) is 73.3 Å². The third-order valence-corrected chi connectivity index (χ3v) is 13.5. The minimum atomic E-state index is -0.519. The fourth-order valence-corrected chi connectivity index (χ4v) is 8.49. The summed E-state index contributed by atoms with van der Waals surface area (Å²) in [6.45, 7) is 12.0. The smallest absolute Gasteiger partial charge is 0.496 e. The summed E-state index contributed by atoms with van der Waals surface area (Å²) in [5.74, 6) is -0.678. The van der Waals surface area contributed by atoms with Crippen molar-refractivity contribution in [1.82, 2.24) is 39.7 Å². The highest BCUT2D eigenvalue weighted by Gasteiger charge is 2.52. The number of carbonyl (C=O) groups excluding carboxylic acids is 2. The van der Waals surface area contributed by atoms with Crippen LogP contribution in [0.25, 0.3) is 33.8 Å². The van der Waals surface area contributed by atoms with Crippen LogP contribution >= 0.6 is 11.6 Å². The minimum Gasteiger partial charge on any atom is -0.496 e. The number of aromatic nitrogens is 6. The van der Waals surface area contributed by atoms with Crippen LogP contribution in [0, 0.1) is 25.5 Å². The number of nitrogens with two attached hydrogens (primary N) is 2. The number of anilines is 2. The summed E-state index contributed by atoms with van der Waals surface area (Å²) in [5.41, 5.74) is 17.3. The molecule has 2 amide bonds. The Morgan fingerprint density at radius 1 is 0.617 bits per heavy atom. The van der Waals surface area contributed by atoms with Gasteiger partial charge in [-0.1, -0.05) is 61.5 Å². The van der Waals surface area contributed by atoms with E-state index in [0.717, 1.165) is 16.6 Å². The number of carbonyl (C=O) groups is 2. The zero-order valence-electron chi connectivity index (χ0n) is 45.8. The van der Waals surface area contributed by atoms with Crippen molar-refractivity contribution >= 4 is 47.6 Å². The van der Waals surface area contributed by atoms with Gasteiger partial charge in [0.1, 0.15) is 28.8 Å². The monoisotopic (exact) mass is 1120 g/mol. The number of nitrogen functional groups attached to an aromatic ring is 2. The Balaban J connectivity index is 0.000000205. The van der Waals surface area contributed by atoms with E-state index in [1.807, 2.05) is 70.2 Å². The molecule has 1 aliphatic heterocycles. The summed E-state index contributed by atoms with van der Waals surface area (Å²) in [5, 5.41) is 5.52. The summed E-state index contributed by atoms with van der Waals surface area (Å²) in [6.07, 6.45) is 3.39. The molecule has 1 saturated heterocycles. The van der Waals surface area contributed by atoms with E-state index in [1.165, 1.54) is 41.0 Å². The molecule has 0 aliphatic carbocycles. The fourth-order valence-electron chi connectivity index (χ4n) is 8.25. The molecule has 81 heavy (non-hydrogen) atoms. The van der Waals surface area contributed by atoms with E-state index in [2.05, 4.69) is 30.6 Å². The largest absolute Gasteiger partial charge is 0.496 e. The Hall–Kier alpha value is -8.79. The van der Waals surface area contributed by atoms with Gasteiger partial charge in [0.25, 0.3) is 22.9 Å². The summed E-state index contributed by atoms with van der Waals surface area (Å²) in [4.78, 5) is 66.7. The first-order chi connectivity index (χ1) is 37.9. The second kappa shape index (κ2) is 26.0. The van der Waals surface area contributed by atoms with Gasteiger partial charge in [-0.25, -0.2) is 28.7 Å². The number of ether oxygens (including phenoxy) is 2. The summed E-state index contributed by atoms with van der Waals surface area (Å²) < 4.78 is 52.1. The molecule has 0 unspecified atom stereocenters. The predicted molar refractivity (Wildman–Crippen MR) is 311 cm³/mol. The third kappa shape index (κ3) is 14.3. The number of halogens is 3. The lowest BCUT2D eigenvalue weighted by atomic mass is 9.80. The third-order valence-electron chi connectivity index (χ3n) is 13.3. The molecular formula is C59H64BClF2N10O8. The maximum atomic E-state index is 13.5. The van der Waals surface area contributed by atoms with Crippen LogP contribution in [0.15, 0.2) is 131 Å². The first kappa shape index (κ1) is 61.4. The number of aryl methyl sites for hydroxylation is 4. The van der Waals surface area contributed by atoms with E-state index in [9.17, 15) is 28.0 Å². The molecule has 1 aliphatic rings. The predicted octanol–water partition coefficient (Wildman–Crippen LogP) is 8.56. The van der Waals surface area contributed by atoms with Gasteiger partial charge < -0.3 is 50.0 Å². The topological polar surface area (TPSA) is 243 Å². The van der Waals surface area contributed by atoms with Crippen LogP contribution in [0.5, 0.6) is 11.5 Å². The number of para-hydroxylation sites is 2. The van der Waals surface area contributed by atoms with Crippen molar-refractivity contribution < 1.29 is 37.2 Å². The number of methoxy groups -OCH3 is 2. The Labute approximate surface area is 473 Å². The van der Waals surface area contributed by atoms with Crippen molar-refractivity contribution in [3.8, 4) is 45.3 Å². The van der Waals surface area contributed by atoms with E-state index in [1.54, 1.807) is 89.5 Å². The van der Waals surface area contributed by atoms with Gasteiger partial charge in [0.15, 0.2) is 28.2 Å². The SMILES string of the molecule is C.COc1ccccc1CNC(=O)c1nc(-c2cc(C)c(=O)n(C)c2)c(-c2ccc(F)cc2)nc1N.COc1ccccc1CNC(=O)c1nc(Cl)c(-c2ccc(F)cc2)nc1N.Cc1cc(B2OC(C)(C)C(C)(C)O2)cn(C)c1=O. The van der Waals surface area contributed by atoms with Gasteiger partial charge in [-0.2, -0.15) is 0 Å². The van der Waals surface area contributed by atoms with E-state index < -0.39 is 24.7 Å². The Kier molecular flexibility index (Phi) is 19.7. The second-order valence-corrected chi connectivity index (χ2v) is 19.9. The zero-order chi connectivity index (χ0) is 58.2. The number of hydrogen-bond acceptors (Lipinski definition) is 14. The standard InChI is InChI=1S/C26H24FN5O3.C19H16ClFN4O2.C13H20BNO3.CH4/c1-15-12-18(14-32(2)26(15)34)22-21(16-8-10-19(27)11-9-16)31-24(28)23(30-22)25(33)29-13-17-6-4-5-7-20(17)35-3;1-27-14-5-3-2-4-12(14)10-23-19(26)16-18(22)25-15(17(20)24-16)11-6-8-13(21)9-7-11;1-9-7-10(8-15(6)11(9)16)14-17-12(2,3)13(4,5)18-14;/h4-12,14H,13H2,1-3H3,(H2,28,31)(H,29,33);2-9H,10H2,1H3,(H2,22,25)(H,23,26);7-8H,1-6H3;1H4. The average Bonchev–Trinajstić information content (AvgIpc) is 3.79. The number of rotatable bonds is 12.